The Bertz CT molecular complexity index is 413. The van der Waals surface area contributed by atoms with Gasteiger partial charge in [-0.2, -0.15) is 0 Å². The summed E-state index contributed by atoms with van der Waals surface area (Å²) in [7, 11) is 3.05. The van der Waals surface area contributed by atoms with Crippen LogP contribution >= 0.6 is 12.4 Å². The number of halogens is 2. The Labute approximate surface area is 130 Å². The average Bonchev–Trinajstić information content (AvgIpc) is 2.47. The highest BCUT2D eigenvalue weighted by Crippen LogP contribution is 2.16. The zero-order valence-corrected chi connectivity index (χ0v) is 13.0. The number of nitrogens with two attached hydrogens (primary N) is 1. The Hall–Kier alpha value is -1.21. The van der Waals surface area contributed by atoms with Crippen molar-refractivity contribution in [2.75, 3.05) is 27.3 Å². The number of methoxy groups -OCH3 is 2. The smallest absolute Gasteiger partial charge is 0.222 e. The van der Waals surface area contributed by atoms with E-state index in [1.54, 1.807) is 12.1 Å². The van der Waals surface area contributed by atoms with Gasteiger partial charge in [0.25, 0.3) is 0 Å². The van der Waals surface area contributed by atoms with E-state index in [9.17, 15) is 9.18 Å². The predicted molar refractivity (Wildman–Crippen MR) is 80.9 cm³/mol. The molecule has 2 unspecified atom stereocenters. The van der Waals surface area contributed by atoms with Gasteiger partial charge in [-0.25, -0.2) is 4.39 Å². The van der Waals surface area contributed by atoms with E-state index < -0.39 is 0 Å². The molecule has 1 amide bonds. The maximum absolute atomic E-state index is 12.9. The molecule has 0 aromatic heterocycles. The van der Waals surface area contributed by atoms with Crippen molar-refractivity contribution in [3.05, 3.63) is 35.6 Å². The van der Waals surface area contributed by atoms with Gasteiger partial charge in [0.1, 0.15) is 5.82 Å². The van der Waals surface area contributed by atoms with E-state index in [0.29, 0.717) is 6.54 Å². The van der Waals surface area contributed by atoms with Crippen molar-refractivity contribution in [3.8, 4) is 0 Å². The standard InChI is InChI=1S/C14H21FN2O3.ClH/c1-19-12(8-16)7-14(18)17-9-13(20-2)10-3-5-11(15)6-4-10;/h3-6,12-13H,7-9,16H2,1-2H3,(H,17,18);1H. The van der Waals surface area contributed by atoms with Crippen LogP contribution in [0, 0.1) is 5.82 Å². The minimum atomic E-state index is -0.321. The molecule has 120 valence electrons. The van der Waals surface area contributed by atoms with E-state index in [-0.39, 0.29) is 49.3 Å². The van der Waals surface area contributed by atoms with E-state index >= 15 is 0 Å². The molecule has 0 aliphatic rings. The van der Waals surface area contributed by atoms with Crippen molar-refractivity contribution in [1.82, 2.24) is 5.32 Å². The third kappa shape index (κ3) is 6.86. The lowest BCUT2D eigenvalue weighted by Gasteiger charge is -2.18. The van der Waals surface area contributed by atoms with Crippen LogP contribution in [-0.2, 0) is 14.3 Å². The molecule has 5 nitrogen and oxygen atoms in total. The summed E-state index contributed by atoms with van der Waals surface area (Å²) in [6, 6.07) is 5.98. The van der Waals surface area contributed by atoms with E-state index in [1.165, 1.54) is 26.4 Å². The van der Waals surface area contributed by atoms with Gasteiger partial charge in [-0.05, 0) is 17.7 Å². The summed E-state index contributed by atoms with van der Waals surface area (Å²) in [4.78, 5) is 11.7. The second-order valence-electron chi connectivity index (χ2n) is 4.38. The molecule has 0 heterocycles. The normalized spacial score (nSPS) is 13.1. The Morgan fingerprint density at radius 3 is 2.38 bits per heavy atom. The van der Waals surface area contributed by atoms with Gasteiger partial charge in [0.2, 0.25) is 5.91 Å². The van der Waals surface area contributed by atoms with E-state index in [4.69, 9.17) is 15.2 Å². The monoisotopic (exact) mass is 320 g/mol. The lowest BCUT2D eigenvalue weighted by Crippen LogP contribution is -2.34. The number of ether oxygens (including phenoxy) is 2. The third-order valence-electron chi connectivity index (χ3n) is 3.02. The molecule has 21 heavy (non-hydrogen) atoms. The maximum atomic E-state index is 12.9. The van der Waals surface area contributed by atoms with Crippen LogP contribution in [0.1, 0.15) is 18.1 Å². The van der Waals surface area contributed by atoms with Gasteiger partial charge >= 0.3 is 0 Å². The Balaban J connectivity index is 0.00000400. The highest BCUT2D eigenvalue weighted by Gasteiger charge is 2.15. The topological polar surface area (TPSA) is 73.6 Å². The minimum Gasteiger partial charge on any atom is -0.380 e. The second-order valence-corrected chi connectivity index (χ2v) is 4.38. The van der Waals surface area contributed by atoms with Crippen LogP contribution in [0.5, 0.6) is 0 Å². The molecule has 2 atom stereocenters. The fourth-order valence-corrected chi connectivity index (χ4v) is 1.76. The molecule has 0 saturated heterocycles. The van der Waals surface area contributed by atoms with E-state index in [2.05, 4.69) is 5.32 Å². The Kier molecular flexibility index (Phi) is 9.90. The Morgan fingerprint density at radius 2 is 1.90 bits per heavy atom. The van der Waals surface area contributed by atoms with Gasteiger partial charge < -0.3 is 20.5 Å². The van der Waals surface area contributed by atoms with Gasteiger partial charge in [-0.3, -0.25) is 4.79 Å². The number of hydrogen-bond donors (Lipinski definition) is 2. The number of amides is 1. The number of carbonyl (C=O) groups is 1. The summed E-state index contributed by atoms with van der Waals surface area (Å²) in [6.45, 7) is 0.595. The van der Waals surface area contributed by atoms with Crippen molar-refractivity contribution in [1.29, 1.82) is 0 Å². The first-order chi connectivity index (χ1) is 9.60. The number of hydrogen-bond acceptors (Lipinski definition) is 4. The van der Waals surface area contributed by atoms with Crippen molar-refractivity contribution in [2.24, 2.45) is 5.73 Å². The number of benzene rings is 1. The molecule has 0 fully saturated rings. The molecule has 0 aliphatic heterocycles. The van der Waals surface area contributed by atoms with Crippen LogP contribution in [0.2, 0.25) is 0 Å². The lowest BCUT2D eigenvalue weighted by molar-refractivity contribution is -0.123. The summed E-state index contributed by atoms with van der Waals surface area (Å²) >= 11 is 0. The second kappa shape index (κ2) is 10.5. The molecule has 7 heteroatoms. The predicted octanol–water partition coefficient (Wildman–Crippen LogP) is 1.42. The number of rotatable bonds is 8. The lowest BCUT2D eigenvalue weighted by atomic mass is 10.1. The average molecular weight is 321 g/mol. The molecule has 0 saturated carbocycles. The molecule has 1 rings (SSSR count). The molecular weight excluding hydrogens is 299 g/mol. The highest BCUT2D eigenvalue weighted by atomic mass is 35.5. The minimum absolute atomic E-state index is 0. The van der Waals surface area contributed by atoms with Crippen molar-refractivity contribution in [3.63, 3.8) is 0 Å². The number of carbonyl (C=O) groups excluding carboxylic acids is 1. The fourth-order valence-electron chi connectivity index (χ4n) is 1.76. The van der Waals surface area contributed by atoms with Crippen molar-refractivity contribution in [2.45, 2.75) is 18.6 Å². The van der Waals surface area contributed by atoms with E-state index in [0.717, 1.165) is 5.56 Å². The van der Waals surface area contributed by atoms with E-state index in [1.807, 2.05) is 0 Å². The maximum Gasteiger partial charge on any atom is 0.222 e. The zero-order valence-electron chi connectivity index (χ0n) is 12.2. The summed E-state index contributed by atoms with van der Waals surface area (Å²) in [5, 5.41) is 2.75. The quantitative estimate of drug-likeness (QED) is 0.759. The molecule has 0 spiro atoms. The first-order valence-electron chi connectivity index (χ1n) is 6.38. The molecule has 1 aromatic rings. The molecule has 3 N–H and O–H groups in total. The van der Waals surface area contributed by atoms with Crippen LogP contribution < -0.4 is 11.1 Å². The van der Waals surface area contributed by atoms with Crippen LogP contribution in [0.15, 0.2) is 24.3 Å². The molecule has 0 radical (unpaired) electrons. The first-order valence-corrected chi connectivity index (χ1v) is 6.38. The Morgan fingerprint density at radius 1 is 1.29 bits per heavy atom. The van der Waals surface area contributed by atoms with Crippen LogP contribution in [0.25, 0.3) is 0 Å². The van der Waals surface area contributed by atoms with Crippen molar-refractivity contribution < 1.29 is 18.7 Å². The summed E-state index contributed by atoms with van der Waals surface area (Å²) in [5.41, 5.74) is 6.26. The summed E-state index contributed by atoms with van der Waals surface area (Å²) < 4.78 is 23.2. The van der Waals surface area contributed by atoms with Crippen LogP contribution in [0.4, 0.5) is 4.39 Å². The van der Waals surface area contributed by atoms with Gasteiger partial charge in [0.15, 0.2) is 0 Å². The molecule has 1 aromatic carbocycles. The van der Waals surface area contributed by atoms with Crippen LogP contribution in [0.3, 0.4) is 0 Å². The molecule has 0 aliphatic carbocycles. The van der Waals surface area contributed by atoms with Gasteiger partial charge in [0, 0.05) is 27.3 Å². The van der Waals surface area contributed by atoms with Gasteiger partial charge in [-0.1, -0.05) is 12.1 Å². The molecular formula is C14H22ClFN2O3. The number of nitrogens with one attached hydrogen (secondary N) is 1. The molecule has 0 bridgehead atoms. The third-order valence-corrected chi connectivity index (χ3v) is 3.02. The zero-order chi connectivity index (χ0) is 15.0. The largest absolute Gasteiger partial charge is 0.380 e. The highest BCUT2D eigenvalue weighted by molar-refractivity contribution is 5.85. The summed E-state index contributed by atoms with van der Waals surface area (Å²) in [6.07, 6.45) is -0.410. The van der Waals surface area contributed by atoms with Gasteiger partial charge in [0.05, 0.1) is 18.6 Å². The van der Waals surface area contributed by atoms with Gasteiger partial charge in [-0.15, -0.1) is 12.4 Å². The SMILES string of the molecule is COC(CN)CC(=O)NCC(OC)c1ccc(F)cc1.Cl. The van der Waals surface area contributed by atoms with Crippen LogP contribution in [-0.4, -0.2) is 39.3 Å². The summed E-state index contributed by atoms with van der Waals surface area (Å²) in [5.74, 6) is -0.468. The van der Waals surface area contributed by atoms with Crippen molar-refractivity contribution >= 4 is 18.3 Å². The first kappa shape index (κ1) is 19.8. The fraction of sp³-hybridized carbons (Fsp3) is 0.500.